The van der Waals surface area contributed by atoms with Gasteiger partial charge >= 0.3 is 0 Å². The maximum atomic E-state index is 12.6. The molecule has 142 valence electrons. The molecule has 0 unspecified atom stereocenters. The van der Waals surface area contributed by atoms with Gasteiger partial charge in [-0.2, -0.15) is 0 Å². The SMILES string of the molecule is CN(CC(=O)N1CCNCC1)C(=O)c1ccc(OCc2ccccc2)cc1. The van der Waals surface area contributed by atoms with Crippen molar-refractivity contribution in [2.45, 2.75) is 6.61 Å². The monoisotopic (exact) mass is 367 g/mol. The third-order valence-electron chi connectivity index (χ3n) is 4.54. The summed E-state index contributed by atoms with van der Waals surface area (Å²) in [7, 11) is 1.66. The molecule has 1 aliphatic heterocycles. The van der Waals surface area contributed by atoms with Crippen molar-refractivity contribution >= 4 is 11.8 Å². The molecule has 0 bridgehead atoms. The van der Waals surface area contributed by atoms with Crippen LogP contribution in [0.15, 0.2) is 54.6 Å². The molecule has 2 amide bonds. The Morgan fingerprint density at radius 1 is 1.04 bits per heavy atom. The number of ether oxygens (including phenoxy) is 1. The number of likely N-dealkylation sites (N-methyl/N-ethyl adjacent to an activating group) is 1. The lowest BCUT2D eigenvalue weighted by atomic mass is 10.2. The quantitative estimate of drug-likeness (QED) is 0.845. The van der Waals surface area contributed by atoms with E-state index in [4.69, 9.17) is 4.74 Å². The van der Waals surface area contributed by atoms with E-state index in [0.717, 1.165) is 18.7 Å². The number of nitrogens with one attached hydrogen (secondary N) is 1. The molecule has 27 heavy (non-hydrogen) atoms. The van der Waals surface area contributed by atoms with Gasteiger partial charge in [0.25, 0.3) is 5.91 Å². The van der Waals surface area contributed by atoms with Crippen LogP contribution in [0.4, 0.5) is 0 Å². The third-order valence-corrected chi connectivity index (χ3v) is 4.54. The van der Waals surface area contributed by atoms with Crippen LogP contribution in [-0.2, 0) is 11.4 Å². The van der Waals surface area contributed by atoms with Gasteiger partial charge < -0.3 is 19.9 Å². The predicted octanol–water partition coefficient (Wildman–Crippen LogP) is 1.77. The second kappa shape index (κ2) is 9.19. The van der Waals surface area contributed by atoms with Crippen molar-refractivity contribution in [3.05, 3.63) is 65.7 Å². The van der Waals surface area contributed by atoms with Crippen molar-refractivity contribution < 1.29 is 14.3 Å². The average Bonchev–Trinajstić information content (AvgIpc) is 2.73. The van der Waals surface area contributed by atoms with Crippen LogP contribution in [0.1, 0.15) is 15.9 Å². The highest BCUT2D eigenvalue weighted by molar-refractivity contribution is 5.96. The number of rotatable bonds is 6. The van der Waals surface area contributed by atoms with Crippen LogP contribution < -0.4 is 10.1 Å². The Kier molecular flexibility index (Phi) is 6.44. The summed E-state index contributed by atoms with van der Waals surface area (Å²) >= 11 is 0. The Morgan fingerprint density at radius 3 is 2.37 bits per heavy atom. The zero-order chi connectivity index (χ0) is 19.1. The molecule has 0 atom stereocenters. The van der Waals surface area contributed by atoms with Crippen molar-refractivity contribution in [1.82, 2.24) is 15.1 Å². The molecule has 6 nitrogen and oxygen atoms in total. The van der Waals surface area contributed by atoms with E-state index in [-0.39, 0.29) is 18.4 Å². The lowest BCUT2D eigenvalue weighted by Gasteiger charge is -2.29. The zero-order valence-corrected chi connectivity index (χ0v) is 15.6. The maximum Gasteiger partial charge on any atom is 0.254 e. The molecule has 0 spiro atoms. The van der Waals surface area contributed by atoms with Crippen LogP contribution in [0.25, 0.3) is 0 Å². The molecule has 3 rings (SSSR count). The second-order valence-electron chi connectivity index (χ2n) is 6.59. The van der Waals surface area contributed by atoms with Crippen LogP contribution in [-0.4, -0.2) is 61.4 Å². The van der Waals surface area contributed by atoms with E-state index in [1.165, 1.54) is 4.90 Å². The molecule has 1 aliphatic rings. The van der Waals surface area contributed by atoms with Gasteiger partial charge in [0.1, 0.15) is 12.4 Å². The predicted molar refractivity (Wildman–Crippen MR) is 104 cm³/mol. The van der Waals surface area contributed by atoms with Gasteiger partial charge in [0.2, 0.25) is 5.91 Å². The minimum Gasteiger partial charge on any atom is -0.489 e. The molecule has 6 heteroatoms. The highest BCUT2D eigenvalue weighted by Gasteiger charge is 2.20. The van der Waals surface area contributed by atoms with E-state index in [0.29, 0.717) is 31.0 Å². The summed E-state index contributed by atoms with van der Waals surface area (Å²) in [5.74, 6) is 0.512. The largest absolute Gasteiger partial charge is 0.489 e. The van der Waals surface area contributed by atoms with E-state index >= 15 is 0 Å². The van der Waals surface area contributed by atoms with Crippen LogP contribution >= 0.6 is 0 Å². The van der Waals surface area contributed by atoms with E-state index in [9.17, 15) is 9.59 Å². The van der Waals surface area contributed by atoms with E-state index in [1.807, 2.05) is 30.3 Å². The van der Waals surface area contributed by atoms with Gasteiger partial charge in [-0.25, -0.2) is 0 Å². The number of carbonyl (C=O) groups is 2. The zero-order valence-electron chi connectivity index (χ0n) is 15.6. The molecule has 0 aliphatic carbocycles. The summed E-state index contributed by atoms with van der Waals surface area (Å²) in [6, 6.07) is 16.9. The first-order valence-electron chi connectivity index (χ1n) is 9.14. The minimum absolute atomic E-state index is 0.0184. The first-order chi connectivity index (χ1) is 13.1. The lowest BCUT2D eigenvalue weighted by Crippen LogP contribution is -2.49. The Labute approximate surface area is 159 Å². The molecular weight excluding hydrogens is 342 g/mol. The van der Waals surface area contributed by atoms with Gasteiger partial charge in [-0.1, -0.05) is 30.3 Å². The van der Waals surface area contributed by atoms with E-state index < -0.39 is 0 Å². The smallest absolute Gasteiger partial charge is 0.254 e. The van der Waals surface area contributed by atoms with Crippen molar-refractivity contribution in [1.29, 1.82) is 0 Å². The van der Waals surface area contributed by atoms with Crippen molar-refractivity contribution in [2.75, 3.05) is 39.8 Å². The van der Waals surface area contributed by atoms with Gasteiger partial charge in [0, 0.05) is 38.8 Å². The number of hydrogen-bond donors (Lipinski definition) is 1. The summed E-state index contributed by atoms with van der Waals surface area (Å²) < 4.78 is 5.74. The number of nitrogens with zero attached hydrogens (tertiary/aromatic N) is 2. The van der Waals surface area contributed by atoms with Crippen LogP contribution in [0.3, 0.4) is 0 Å². The van der Waals surface area contributed by atoms with Crippen molar-refractivity contribution in [3.8, 4) is 5.75 Å². The normalized spacial score (nSPS) is 13.9. The number of benzene rings is 2. The number of amides is 2. The summed E-state index contributed by atoms with van der Waals surface area (Å²) in [4.78, 5) is 28.1. The van der Waals surface area contributed by atoms with E-state index in [1.54, 1.807) is 36.2 Å². The molecule has 1 fully saturated rings. The first kappa shape index (κ1) is 18.9. The molecule has 0 saturated carbocycles. The Hall–Kier alpha value is -2.86. The summed E-state index contributed by atoms with van der Waals surface area (Å²) in [5, 5.41) is 3.21. The van der Waals surface area contributed by atoms with Gasteiger partial charge in [-0.3, -0.25) is 9.59 Å². The Balaban J connectivity index is 1.52. The summed E-state index contributed by atoms with van der Waals surface area (Å²) in [6.45, 7) is 3.54. The Morgan fingerprint density at radius 2 is 1.70 bits per heavy atom. The fourth-order valence-corrected chi connectivity index (χ4v) is 2.94. The highest BCUT2D eigenvalue weighted by atomic mass is 16.5. The number of piperazine rings is 1. The Bertz CT molecular complexity index is 756. The van der Waals surface area contributed by atoms with Gasteiger partial charge in [0.05, 0.1) is 6.54 Å². The van der Waals surface area contributed by atoms with Crippen LogP contribution in [0.5, 0.6) is 5.75 Å². The van der Waals surface area contributed by atoms with Crippen LogP contribution in [0, 0.1) is 0 Å². The maximum absolute atomic E-state index is 12.6. The standard InChI is InChI=1S/C21H25N3O3/c1-23(15-20(25)24-13-11-22-12-14-24)21(26)18-7-9-19(10-8-18)27-16-17-5-3-2-4-6-17/h2-10,22H,11-16H2,1H3. The average molecular weight is 367 g/mol. The number of hydrogen-bond acceptors (Lipinski definition) is 4. The minimum atomic E-state index is -0.173. The molecule has 1 heterocycles. The lowest BCUT2D eigenvalue weighted by molar-refractivity contribution is -0.132. The first-order valence-corrected chi connectivity index (χ1v) is 9.14. The molecule has 2 aromatic carbocycles. The highest BCUT2D eigenvalue weighted by Crippen LogP contribution is 2.15. The topological polar surface area (TPSA) is 61.9 Å². The van der Waals surface area contributed by atoms with Crippen LogP contribution in [0.2, 0.25) is 0 Å². The molecular formula is C21H25N3O3. The fraction of sp³-hybridized carbons (Fsp3) is 0.333. The second-order valence-corrected chi connectivity index (χ2v) is 6.59. The van der Waals surface area contributed by atoms with Gasteiger partial charge in [-0.05, 0) is 29.8 Å². The number of carbonyl (C=O) groups excluding carboxylic acids is 2. The van der Waals surface area contributed by atoms with Gasteiger partial charge in [0.15, 0.2) is 0 Å². The van der Waals surface area contributed by atoms with Crippen molar-refractivity contribution in [2.24, 2.45) is 0 Å². The molecule has 2 aromatic rings. The molecule has 1 saturated heterocycles. The van der Waals surface area contributed by atoms with E-state index in [2.05, 4.69) is 5.32 Å². The fourth-order valence-electron chi connectivity index (χ4n) is 2.94. The molecule has 0 aromatic heterocycles. The molecule has 1 N–H and O–H groups in total. The van der Waals surface area contributed by atoms with Gasteiger partial charge in [-0.15, -0.1) is 0 Å². The van der Waals surface area contributed by atoms with Crippen molar-refractivity contribution in [3.63, 3.8) is 0 Å². The third kappa shape index (κ3) is 5.31. The molecule has 0 radical (unpaired) electrons. The summed E-state index contributed by atoms with van der Waals surface area (Å²) in [6.07, 6.45) is 0. The summed E-state index contributed by atoms with van der Waals surface area (Å²) in [5.41, 5.74) is 1.63.